The zero-order chi connectivity index (χ0) is 19.7. The Balaban J connectivity index is 0. The molecule has 0 spiro atoms. The van der Waals surface area contributed by atoms with Gasteiger partial charge in [-0.25, -0.2) is 8.42 Å². The smallest absolute Gasteiger partial charge is 0.748 e. The van der Waals surface area contributed by atoms with E-state index < -0.39 is 15.4 Å². The zero-order valence-electron chi connectivity index (χ0n) is 18.3. The molecule has 0 amide bonds. The van der Waals surface area contributed by atoms with E-state index in [0.717, 1.165) is 83.5 Å². The molecule has 2 atom stereocenters. The molecule has 27 heavy (non-hydrogen) atoms. The molecule has 0 aromatic heterocycles. The first-order chi connectivity index (χ1) is 12.4. The minimum absolute atomic E-state index is 0. The average molecular weight is 415 g/mol. The molecule has 0 saturated carbocycles. The SMILES string of the molecule is CCCCCCC(CCCCCCCCC(O)CCCCC)S(=O)(=O)[O-].[Na+]. The van der Waals surface area contributed by atoms with E-state index in [9.17, 15) is 18.1 Å². The van der Waals surface area contributed by atoms with Gasteiger partial charge in [0, 0.05) is 5.25 Å². The zero-order valence-corrected chi connectivity index (χ0v) is 21.1. The van der Waals surface area contributed by atoms with Crippen LogP contribution in [0.25, 0.3) is 0 Å². The summed E-state index contributed by atoms with van der Waals surface area (Å²) >= 11 is 0. The van der Waals surface area contributed by atoms with Crippen molar-refractivity contribution in [1.29, 1.82) is 0 Å². The fourth-order valence-corrected chi connectivity index (χ4v) is 4.38. The number of aliphatic hydroxyl groups is 1. The van der Waals surface area contributed by atoms with Gasteiger partial charge in [-0.05, 0) is 25.7 Å². The summed E-state index contributed by atoms with van der Waals surface area (Å²) in [4.78, 5) is 0. The molecule has 6 heteroatoms. The first kappa shape index (κ1) is 30.1. The van der Waals surface area contributed by atoms with Gasteiger partial charge in [-0.3, -0.25) is 0 Å². The van der Waals surface area contributed by atoms with Crippen molar-refractivity contribution >= 4 is 10.1 Å². The van der Waals surface area contributed by atoms with Gasteiger partial charge in [0.2, 0.25) is 0 Å². The van der Waals surface area contributed by atoms with Crippen molar-refractivity contribution in [3.63, 3.8) is 0 Å². The van der Waals surface area contributed by atoms with Crippen LogP contribution in [0.5, 0.6) is 0 Å². The topological polar surface area (TPSA) is 77.4 Å². The van der Waals surface area contributed by atoms with Crippen molar-refractivity contribution in [3.05, 3.63) is 0 Å². The maximum Gasteiger partial charge on any atom is 1.00 e. The van der Waals surface area contributed by atoms with Crippen molar-refractivity contribution in [2.75, 3.05) is 0 Å². The minimum atomic E-state index is -4.15. The molecule has 0 aliphatic carbocycles. The molecule has 0 bridgehead atoms. The van der Waals surface area contributed by atoms with Gasteiger partial charge in [0.15, 0.2) is 0 Å². The Kier molecular flexibility index (Phi) is 22.4. The van der Waals surface area contributed by atoms with Crippen LogP contribution in [0.15, 0.2) is 0 Å². The monoisotopic (exact) mass is 414 g/mol. The molecule has 0 saturated heterocycles. The van der Waals surface area contributed by atoms with Gasteiger partial charge in [0.05, 0.1) is 16.2 Å². The van der Waals surface area contributed by atoms with Gasteiger partial charge >= 0.3 is 29.6 Å². The largest absolute Gasteiger partial charge is 1.00 e. The summed E-state index contributed by atoms with van der Waals surface area (Å²) in [5.74, 6) is 0. The predicted octanol–water partition coefficient (Wildman–Crippen LogP) is 2.94. The summed E-state index contributed by atoms with van der Waals surface area (Å²) in [5, 5.41) is 9.19. The number of unbranched alkanes of at least 4 members (excludes halogenated alkanes) is 10. The number of hydrogen-bond donors (Lipinski definition) is 1. The second-order valence-electron chi connectivity index (χ2n) is 7.81. The van der Waals surface area contributed by atoms with Gasteiger partial charge in [-0.1, -0.05) is 97.3 Å². The molecule has 2 unspecified atom stereocenters. The summed E-state index contributed by atoms with van der Waals surface area (Å²) in [6.07, 6.45) is 16.6. The minimum Gasteiger partial charge on any atom is -0.748 e. The number of hydrogen-bond acceptors (Lipinski definition) is 4. The van der Waals surface area contributed by atoms with Gasteiger partial charge in [-0.15, -0.1) is 0 Å². The van der Waals surface area contributed by atoms with E-state index in [2.05, 4.69) is 13.8 Å². The van der Waals surface area contributed by atoms with Crippen LogP contribution in [0.1, 0.15) is 123 Å². The molecule has 0 rings (SSSR count). The summed E-state index contributed by atoms with van der Waals surface area (Å²) in [6, 6.07) is 0. The molecule has 0 heterocycles. The molecule has 0 aromatic rings. The van der Waals surface area contributed by atoms with E-state index in [1.807, 2.05) is 0 Å². The second-order valence-corrected chi connectivity index (χ2v) is 9.46. The van der Waals surface area contributed by atoms with Gasteiger partial charge in [0.25, 0.3) is 0 Å². The van der Waals surface area contributed by atoms with E-state index >= 15 is 0 Å². The third-order valence-corrected chi connectivity index (χ3v) is 6.53. The van der Waals surface area contributed by atoms with Crippen LogP contribution in [-0.4, -0.2) is 29.4 Å². The molecular weight excluding hydrogens is 371 g/mol. The van der Waals surface area contributed by atoms with Gasteiger partial charge in [0.1, 0.15) is 0 Å². The summed E-state index contributed by atoms with van der Waals surface area (Å²) in [6.45, 7) is 4.29. The first-order valence-corrected chi connectivity index (χ1v) is 12.5. The van der Waals surface area contributed by atoms with Crippen molar-refractivity contribution in [2.45, 2.75) is 134 Å². The molecular formula is C21H43NaO4S. The third kappa shape index (κ3) is 19.9. The Bertz CT molecular complexity index is 401. The van der Waals surface area contributed by atoms with Gasteiger partial charge < -0.3 is 9.66 Å². The first-order valence-electron chi connectivity index (χ1n) is 11.0. The standard InChI is InChI=1S/C21H44O4S.Na/c1-3-5-7-14-18-21(26(23,24)25)19-15-11-9-8-10-13-17-20(22)16-12-6-4-2;/h20-22H,3-19H2,1-2H3,(H,23,24,25);/q;+1/p-1. The van der Waals surface area contributed by atoms with E-state index in [1.54, 1.807) is 0 Å². The molecule has 158 valence electrons. The molecule has 0 radical (unpaired) electrons. The number of rotatable bonds is 19. The van der Waals surface area contributed by atoms with Crippen LogP contribution in [0.3, 0.4) is 0 Å². The normalized spacial score (nSPS) is 13.9. The molecule has 0 aromatic carbocycles. The Morgan fingerprint density at radius 1 is 0.667 bits per heavy atom. The van der Waals surface area contributed by atoms with Crippen LogP contribution < -0.4 is 29.6 Å². The van der Waals surface area contributed by atoms with E-state index in [4.69, 9.17) is 0 Å². The van der Waals surface area contributed by atoms with Crippen molar-refractivity contribution in [3.8, 4) is 0 Å². The third-order valence-electron chi connectivity index (χ3n) is 5.24. The Labute approximate surface area is 191 Å². The van der Waals surface area contributed by atoms with Crippen LogP contribution in [0.4, 0.5) is 0 Å². The van der Waals surface area contributed by atoms with Crippen molar-refractivity contribution in [2.24, 2.45) is 0 Å². The molecule has 1 N–H and O–H groups in total. The Morgan fingerprint density at radius 2 is 1.00 bits per heavy atom. The van der Waals surface area contributed by atoms with Crippen LogP contribution in [0, 0.1) is 0 Å². The van der Waals surface area contributed by atoms with Crippen LogP contribution in [0.2, 0.25) is 0 Å². The fourth-order valence-electron chi connectivity index (χ4n) is 3.47. The summed E-state index contributed by atoms with van der Waals surface area (Å²) in [7, 11) is -4.15. The number of aliphatic hydroxyl groups excluding tert-OH is 1. The molecule has 0 fully saturated rings. The van der Waals surface area contributed by atoms with E-state index in [-0.39, 0.29) is 35.7 Å². The summed E-state index contributed by atoms with van der Waals surface area (Å²) in [5.41, 5.74) is 0. The van der Waals surface area contributed by atoms with Crippen LogP contribution >= 0.6 is 0 Å². The van der Waals surface area contributed by atoms with E-state index in [1.165, 1.54) is 12.8 Å². The van der Waals surface area contributed by atoms with Crippen molar-refractivity contribution in [1.82, 2.24) is 0 Å². The summed E-state index contributed by atoms with van der Waals surface area (Å²) < 4.78 is 34.1. The average Bonchev–Trinajstić information content (AvgIpc) is 2.58. The maximum absolute atomic E-state index is 11.4. The predicted molar refractivity (Wildman–Crippen MR) is 109 cm³/mol. The molecule has 0 aliphatic rings. The molecule has 4 nitrogen and oxygen atoms in total. The van der Waals surface area contributed by atoms with Gasteiger partial charge in [-0.2, -0.15) is 0 Å². The second kappa shape index (κ2) is 20.2. The molecule has 0 aliphatic heterocycles. The Hall–Kier alpha value is 0.870. The quantitative estimate of drug-likeness (QED) is 0.200. The maximum atomic E-state index is 11.4. The fraction of sp³-hybridized carbons (Fsp3) is 1.00. The van der Waals surface area contributed by atoms with E-state index in [0.29, 0.717) is 12.8 Å². The van der Waals surface area contributed by atoms with Crippen molar-refractivity contribution < 1.29 is 47.6 Å². The Morgan fingerprint density at radius 3 is 1.44 bits per heavy atom. The van der Waals surface area contributed by atoms with Crippen LogP contribution in [-0.2, 0) is 10.1 Å².